The van der Waals surface area contributed by atoms with E-state index in [4.69, 9.17) is 45.5 Å². The van der Waals surface area contributed by atoms with Gasteiger partial charge in [-0.3, -0.25) is 32.7 Å². The first kappa shape index (κ1) is 33.5. The Kier molecular flexibility index (Phi) is 9.90. The average Bonchev–Trinajstić information content (AvgIpc) is 3.01. The molecular weight excluding hydrogens is 642 g/mol. The molecule has 0 aliphatic carbocycles. The van der Waals surface area contributed by atoms with E-state index in [0.29, 0.717) is 5.69 Å². The molecule has 15 heteroatoms. The van der Waals surface area contributed by atoms with Gasteiger partial charge in [0.05, 0.1) is 28.7 Å². The smallest absolute Gasteiger partial charge is 0.262 e. The fourth-order valence-electron chi connectivity index (χ4n) is 4.83. The summed E-state index contributed by atoms with van der Waals surface area (Å²) in [6.07, 6.45) is 0. The van der Waals surface area contributed by atoms with E-state index < -0.39 is 41.3 Å². The highest BCUT2D eigenvalue weighted by molar-refractivity contribution is 7.71. The second-order valence-electron chi connectivity index (χ2n) is 10.3. The van der Waals surface area contributed by atoms with Gasteiger partial charge in [0.2, 0.25) is 11.8 Å². The van der Waals surface area contributed by atoms with Crippen molar-refractivity contribution >= 4 is 47.6 Å². The van der Waals surface area contributed by atoms with Crippen LogP contribution in [0.25, 0.3) is 0 Å². The number of aryl methyl sites for hydroxylation is 1. The Bertz CT molecular complexity index is 1960. The summed E-state index contributed by atoms with van der Waals surface area (Å²) < 4.78 is 16.3. The van der Waals surface area contributed by atoms with Gasteiger partial charge in [-0.05, 0) is 68.1 Å². The van der Waals surface area contributed by atoms with Crippen LogP contribution in [0.5, 0.6) is 23.3 Å². The van der Waals surface area contributed by atoms with Crippen molar-refractivity contribution in [1.29, 1.82) is 0 Å². The van der Waals surface area contributed by atoms with Crippen molar-refractivity contribution < 1.29 is 24.5 Å². The van der Waals surface area contributed by atoms with Crippen LogP contribution < -0.4 is 25.9 Å². The van der Waals surface area contributed by atoms with Gasteiger partial charge in [-0.1, -0.05) is 29.3 Å². The Morgan fingerprint density at radius 3 is 1.89 bits per heavy atom. The normalized spacial score (nSPS) is 11.1. The van der Waals surface area contributed by atoms with E-state index in [0.717, 1.165) is 14.7 Å². The lowest BCUT2D eigenvalue weighted by atomic mass is 9.86. The van der Waals surface area contributed by atoms with E-state index in [2.05, 4.69) is 5.32 Å². The zero-order valence-corrected chi connectivity index (χ0v) is 27.8. The average molecular weight is 674 g/mol. The lowest BCUT2D eigenvalue weighted by Gasteiger charge is -2.24. The van der Waals surface area contributed by atoms with E-state index in [1.165, 1.54) is 49.5 Å². The molecular formula is C30H32ClN5O7S2. The lowest BCUT2D eigenvalue weighted by molar-refractivity contribution is -0.118. The third-order valence-electron chi connectivity index (χ3n) is 7.26. The molecule has 2 aromatic carbocycles. The first-order valence-electron chi connectivity index (χ1n) is 13.6. The van der Waals surface area contributed by atoms with Gasteiger partial charge in [0, 0.05) is 33.9 Å². The van der Waals surface area contributed by atoms with Gasteiger partial charge in [-0.15, -0.1) is 0 Å². The number of rotatable bonds is 9. The van der Waals surface area contributed by atoms with E-state index >= 15 is 0 Å². The fraction of sp³-hybridized carbons (Fsp3) is 0.300. The van der Waals surface area contributed by atoms with Crippen molar-refractivity contribution in [1.82, 2.24) is 18.3 Å². The number of ether oxygens (including phenoxy) is 2. The zero-order chi connectivity index (χ0) is 33.3. The molecule has 0 unspecified atom stereocenters. The van der Waals surface area contributed by atoms with Crippen LogP contribution >= 0.6 is 36.0 Å². The highest BCUT2D eigenvalue weighted by atomic mass is 35.5. The number of carbonyl (C=O) groups excluding carboxylic acids is 1. The summed E-state index contributed by atoms with van der Waals surface area (Å²) in [5.41, 5.74) is -0.137. The summed E-state index contributed by atoms with van der Waals surface area (Å²) >= 11 is 17.3. The standard InChI is InChI=1S/C30H32ClN5O7S2/c1-7-42-19-13-16(12-18(31)24(19)43-14-20(37)32-17-10-8-15(2)9-11-17)21(22-25(38)33(3)29(44)34(4)26(22)39)23-27(40)35(5)30(45)36(6)28(23)41/h8-13,21,38,40H,7,14H2,1-6H3,(H,32,37). The van der Waals surface area contributed by atoms with Gasteiger partial charge in [0.15, 0.2) is 27.6 Å². The van der Waals surface area contributed by atoms with Crippen molar-refractivity contribution in [3.05, 3.63) is 93.9 Å². The van der Waals surface area contributed by atoms with E-state index in [-0.39, 0.29) is 49.4 Å². The molecule has 238 valence electrons. The molecule has 0 saturated heterocycles. The van der Waals surface area contributed by atoms with Crippen LogP contribution in [0.2, 0.25) is 5.02 Å². The third kappa shape index (κ3) is 6.39. The molecule has 12 nitrogen and oxygen atoms in total. The fourth-order valence-corrected chi connectivity index (χ4v) is 5.44. The maximum Gasteiger partial charge on any atom is 0.262 e. The lowest BCUT2D eigenvalue weighted by Crippen LogP contribution is -2.33. The van der Waals surface area contributed by atoms with Crippen molar-refractivity contribution in [2.75, 3.05) is 18.5 Å². The molecule has 2 aromatic heterocycles. The predicted molar refractivity (Wildman–Crippen MR) is 175 cm³/mol. The van der Waals surface area contributed by atoms with E-state index in [1.807, 2.05) is 19.1 Å². The molecule has 0 aliphatic rings. The van der Waals surface area contributed by atoms with Crippen LogP contribution in [0.3, 0.4) is 0 Å². The molecule has 3 N–H and O–H groups in total. The van der Waals surface area contributed by atoms with Crippen LogP contribution in [-0.2, 0) is 33.0 Å². The Balaban J connectivity index is 1.92. The number of benzene rings is 2. The topological polar surface area (TPSA) is 142 Å². The molecule has 0 radical (unpaired) electrons. The summed E-state index contributed by atoms with van der Waals surface area (Å²) in [5, 5.41) is 25.2. The number of hydrogen-bond donors (Lipinski definition) is 3. The first-order valence-corrected chi connectivity index (χ1v) is 14.8. The molecule has 0 saturated carbocycles. The Hall–Kier alpha value is -4.40. The van der Waals surface area contributed by atoms with Crippen LogP contribution in [0, 0.1) is 16.5 Å². The second kappa shape index (κ2) is 13.3. The SMILES string of the molecule is CCOc1cc(C(c2c(O)n(C)c(=S)n(C)c2=O)c2c(O)n(C)c(=S)n(C)c2=O)cc(Cl)c1OCC(=O)Nc1ccc(C)cc1. The Morgan fingerprint density at radius 2 is 1.40 bits per heavy atom. The minimum Gasteiger partial charge on any atom is -0.494 e. The minimum atomic E-state index is -1.39. The molecule has 4 rings (SSSR count). The number of aromatic nitrogens is 4. The molecule has 2 heterocycles. The maximum atomic E-state index is 13.7. The van der Waals surface area contributed by atoms with Crippen LogP contribution in [-0.4, -0.2) is 47.6 Å². The Labute approximate surface area is 273 Å². The van der Waals surface area contributed by atoms with Crippen LogP contribution in [0.1, 0.15) is 35.1 Å². The van der Waals surface area contributed by atoms with E-state index in [1.54, 1.807) is 19.1 Å². The number of aromatic hydroxyl groups is 2. The quantitative estimate of drug-likeness (QED) is 0.223. The molecule has 0 aliphatic heterocycles. The Morgan fingerprint density at radius 1 is 0.889 bits per heavy atom. The molecule has 0 bridgehead atoms. The summed E-state index contributed by atoms with van der Waals surface area (Å²) in [6, 6.07) is 10.1. The summed E-state index contributed by atoms with van der Waals surface area (Å²) in [4.78, 5) is 40.0. The highest BCUT2D eigenvalue weighted by Gasteiger charge is 2.34. The van der Waals surface area contributed by atoms with Crippen molar-refractivity contribution in [3.8, 4) is 23.3 Å². The predicted octanol–water partition coefficient (Wildman–Crippen LogP) is 4.19. The molecule has 0 fully saturated rings. The number of halogens is 1. The molecule has 45 heavy (non-hydrogen) atoms. The largest absolute Gasteiger partial charge is 0.494 e. The maximum absolute atomic E-state index is 13.7. The summed E-state index contributed by atoms with van der Waals surface area (Å²) in [5.74, 6) is -2.76. The van der Waals surface area contributed by atoms with Crippen molar-refractivity contribution in [2.24, 2.45) is 28.2 Å². The van der Waals surface area contributed by atoms with Gasteiger partial charge >= 0.3 is 0 Å². The minimum absolute atomic E-state index is 0.0179. The van der Waals surface area contributed by atoms with Crippen molar-refractivity contribution in [2.45, 2.75) is 19.8 Å². The number of nitrogens with one attached hydrogen (secondary N) is 1. The second-order valence-corrected chi connectivity index (χ2v) is 11.4. The molecule has 4 aromatic rings. The first-order chi connectivity index (χ1) is 21.2. The van der Waals surface area contributed by atoms with Crippen molar-refractivity contribution in [3.63, 3.8) is 0 Å². The third-order valence-corrected chi connectivity index (χ3v) is 8.64. The number of anilines is 1. The molecule has 1 amide bonds. The number of nitrogens with zero attached hydrogens (tertiary/aromatic N) is 4. The number of carbonyl (C=O) groups is 1. The van der Waals surface area contributed by atoms with Gasteiger partial charge in [0.1, 0.15) is 0 Å². The van der Waals surface area contributed by atoms with Gasteiger partial charge < -0.3 is 25.0 Å². The van der Waals surface area contributed by atoms with E-state index in [9.17, 15) is 24.6 Å². The highest BCUT2D eigenvalue weighted by Crippen LogP contribution is 2.43. The van der Waals surface area contributed by atoms with Gasteiger partial charge in [-0.25, -0.2) is 0 Å². The van der Waals surface area contributed by atoms with Crippen LogP contribution in [0.15, 0.2) is 46.0 Å². The number of amides is 1. The number of hydrogen-bond acceptors (Lipinski definition) is 9. The zero-order valence-electron chi connectivity index (χ0n) is 25.4. The van der Waals surface area contributed by atoms with Crippen LogP contribution in [0.4, 0.5) is 5.69 Å². The summed E-state index contributed by atoms with van der Waals surface area (Å²) in [7, 11) is 5.76. The summed E-state index contributed by atoms with van der Waals surface area (Å²) in [6.45, 7) is 3.40. The monoisotopic (exact) mass is 673 g/mol. The van der Waals surface area contributed by atoms with Gasteiger partial charge in [0.25, 0.3) is 17.0 Å². The molecule has 0 atom stereocenters. The van der Waals surface area contributed by atoms with Gasteiger partial charge in [-0.2, -0.15) is 0 Å². The molecule has 0 spiro atoms.